The van der Waals surface area contributed by atoms with E-state index in [4.69, 9.17) is 9.15 Å². The Bertz CT molecular complexity index is 1610. The molecular weight excluding hydrogens is 510 g/mol. The summed E-state index contributed by atoms with van der Waals surface area (Å²) in [4.78, 5) is 39.6. The summed E-state index contributed by atoms with van der Waals surface area (Å²) in [5.74, 6) is -1.67. The number of allylic oxidation sites excluding steroid dienone is 4. The lowest BCUT2D eigenvalue weighted by Crippen LogP contribution is -2.41. The highest BCUT2D eigenvalue weighted by Gasteiger charge is 2.56. The minimum Gasteiger partial charge on any atom is -0.507 e. The highest BCUT2D eigenvalue weighted by Crippen LogP contribution is 2.57. The van der Waals surface area contributed by atoms with Crippen LogP contribution in [0.5, 0.6) is 17.2 Å². The van der Waals surface area contributed by atoms with Crippen molar-refractivity contribution in [2.75, 3.05) is 6.54 Å². The van der Waals surface area contributed by atoms with Crippen LogP contribution in [0.4, 0.5) is 0 Å². The predicted molar refractivity (Wildman–Crippen MR) is 148 cm³/mol. The maximum absolute atomic E-state index is 14.0. The number of nitrogens with one attached hydrogen (secondary N) is 1. The maximum atomic E-state index is 14.0. The Morgan fingerprint density at radius 3 is 2.38 bits per heavy atom. The van der Waals surface area contributed by atoms with Crippen LogP contribution in [-0.2, 0) is 15.0 Å². The molecule has 1 aliphatic heterocycles. The number of Topliss-reactive ketones (excluding diaryl/α,β-unsaturated/α-hetero) is 2. The second-order valence-corrected chi connectivity index (χ2v) is 10.6. The second kappa shape index (κ2) is 9.86. The van der Waals surface area contributed by atoms with Gasteiger partial charge in [-0.15, -0.1) is 0 Å². The monoisotopic (exact) mass is 541 g/mol. The van der Waals surface area contributed by atoms with E-state index < -0.39 is 28.5 Å². The Balaban J connectivity index is 1.47. The molecule has 0 saturated heterocycles. The number of aromatic hydroxyl groups is 2. The van der Waals surface area contributed by atoms with Gasteiger partial charge in [-0.05, 0) is 58.7 Å². The highest BCUT2D eigenvalue weighted by molar-refractivity contribution is 6.31. The molecule has 3 N–H and O–H groups in total. The van der Waals surface area contributed by atoms with E-state index in [1.54, 1.807) is 20.1 Å². The molecular formula is C32H31NO7. The highest BCUT2D eigenvalue weighted by atomic mass is 16.5. The summed E-state index contributed by atoms with van der Waals surface area (Å²) in [6.07, 6.45) is 3.49. The van der Waals surface area contributed by atoms with Gasteiger partial charge in [0.25, 0.3) is 0 Å². The Morgan fingerprint density at radius 1 is 1.05 bits per heavy atom. The number of fused-ring (bicyclic) bond motifs is 3. The molecule has 40 heavy (non-hydrogen) atoms. The fraction of sp³-hybridized carbons (Fsp3) is 0.281. The number of ether oxygens (including phenoxy) is 1. The van der Waals surface area contributed by atoms with Gasteiger partial charge in [0.05, 0.1) is 17.4 Å². The number of benzene rings is 2. The van der Waals surface area contributed by atoms with E-state index in [0.29, 0.717) is 18.7 Å². The summed E-state index contributed by atoms with van der Waals surface area (Å²) in [7, 11) is 0. The minimum absolute atomic E-state index is 0.00843. The molecule has 8 nitrogen and oxygen atoms in total. The lowest BCUT2D eigenvalue weighted by Gasteiger charge is -2.29. The van der Waals surface area contributed by atoms with Crippen LogP contribution in [0.2, 0.25) is 0 Å². The molecule has 1 aliphatic carbocycles. The van der Waals surface area contributed by atoms with Crippen LogP contribution in [-0.4, -0.2) is 34.1 Å². The van der Waals surface area contributed by atoms with Crippen molar-refractivity contribution in [2.45, 2.75) is 52.4 Å². The molecule has 0 fully saturated rings. The zero-order chi connectivity index (χ0) is 28.9. The third-order valence-corrected chi connectivity index (χ3v) is 7.95. The summed E-state index contributed by atoms with van der Waals surface area (Å²) < 4.78 is 11.5. The second-order valence-electron chi connectivity index (χ2n) is 10.6. The Labute approximate surface area is 232 Å². The molecule has 5 rings (SSSR count). The van der Waals surface area contributed by atoms with E-state index >= 15 is 0 Å². The van der Waals surface area contributed by atoms with Crippen molar-refractivity contribution in [3.05, 3.63) is 99.3 Å². The summed E-state index contributed by atoms with van der Waals surface area (Å²) in [5.41, 5.74) is 1.02. The largest absolute Gasteiger partial charge is 0.507 e. The van der Waals surface area contributed by atoms with Gasteiger partial charge in [-0.1, -0.05) is 29.8 Å². The molecule has 8 heteroatoms. The lowest BCUT2D eigenvalue weighted by molar-refractivity contribution is -0.123. The first-order chi connectivity index (χ1) is 19.0. The molecule has 0 amide bonds. The molecule has 3 aromatic rings. The van der Waals surface area contributed by atoms with Gasteiger partial charge in [0.15, 0.2) is 17.3 Å². The van der Waals surface area contributed by atoms with Gasteiger partial charge in [0.1, 0.15) is 39.7 Å². The number of furan rings is 1. The number of phenolic OH excluding ortho intramolecular Hbond substituents is 2. The molecule has 0 bridgehead atoms. The zero-order valence-corrected chi connectivity index (χ0v) is 23.0. The number of aryl methyl sites for hydroxylation is 1. The van der Waals surface area contributed by atoms with Gasteiger partial charge in [0, 0.05) is 29.8 Å². The van der Waals surface area contributed by atoms with E-state index in [-0.39, 0.29) is 45.4 Å². The number of hydrogen-bond donors (Lipinski definition) is 3. The average Bonchev–Trinajstić information content (AvgIpc) is 3.53. The first-order valence-corrected chi connectivity index (χ1v) is 13.1. The fourth-order valence-electron chi connectivity index (χ4n) is 5.62. The number of ketones is 3. The Morgan fingerprint density at radius 2 is 1.75 bits per heavy atom. The molecule has 2 heterocycles. The van der Waals surface area contributed by atoms with Gasteiger partial charge in [0.2, 0.25) is 0 Å². The minimum atomic E-state index is -1.55. The van der Waals surface area contributed by atoms with Crippen molar-refractivity contribution in [3.8, 4) is 17.2 Å². The van der Waals surface area contributed by atoms with Crippen LogP contribution in [0.1, 0.15) is 71.5 Å². The molecule has 1 aromatic heterocycles. The molecule has 206 valence electrons. The van der Waals surface area contributed by atoms with Gasteiger partial charge < -0.3 is 24.7 Å². The summed E-state index contributed by atoms with van der Waals surface area (Å²) in [6.45, 7) is 8.40. The number of hydrogen-bond acceptors (Lipinski definition) is 8. The smallest absolute Gasteiger partial charge is 0.194 e. The van der Waals surface area contributed by atoms with E-state index in [2.05, 4.69) is 17.4 Å². The quantitative estimate of drug-likeness (QED) is 0.210. The lowest BCUT2D eigenvalue weighted by atomic mass is 9.70. The molecule has 2 aliphatic rings. The van der Waals surface area contributed by atoms with E-state index in [1.807, 2.05) is 31.2 Å². The van der Waals surface area contributed by atoms with E-state index in [1.165, 1.54) is 19.9 Å². The van der Waals surface area contributed by atoms with Crippen molar-refractivity contribution in [3.63, 3.8) is 0 Å². The average molecular weight is 542 g/mol. The van der Waals surface area contributed by atoms with Gasteiger partial charge in [-0.3, -0.25) is 14.4 Å². The predicted octanol–water partition coefficient (Wildman–Crippen LogP) is 5.28. The number of phenols is 2. The van der Waals surface area contributed by atoms with Crippen molar-refractivity contribution in [2.24, 2.45) is 0 Å². The number of rotatable bonds is 7. The SMILES string of the molecule is CC(=O)c1c(O)c(C)c(O)c2c1OC1=CC(=O)/C(=C(/C)NCC[C@H](c3ccc(C)cc3)c3ccco3)C(=O)[C@@]12C. The summed E-state index contributed by atoms with van der Waals surface area (Å²) >= 11 is 0. The normalized spacial score (nSPS) is 19.9. The molecule has 0 radical (unpaired) electrons. The van der Waals surface area contributed by atoms with Gasteiger partial charge in [-0.25, -0.2) is 0 Å². The first-order valence-electron chi connectivity index (χ1n) is 13.1. The van der Waals surface area contributed by atoms with Crippen LogP contribution in [0.15, 0.2) is 70.2 Å². The zero-order valence-electron chi connectivity index (χ0n) is 23.0. The molecule has 2 atom stereocenters. The van der Waals surface area contributed by atoms with Crippen LogP contribution in [0.3, 0.4) is 0 Å². The first kappa shape index (κ1) is 27.0. The number of carbonyl (C=O) groups excluding carboxylic acids is 3. The van der Waals surface area contributed by atoms with Crippen LogP contribution >= 0.6 is 0 Å². The number of carbonyl (C=O) groups is 3. The third kappa shape index (κ3) is 4.11. The topological polar surface area (TPSA) is 126 Å². The van der Waals surface area contributed by atoms with E-state index in [9.17, 15) is 24.6 Å². The fourth-order valence-corrected chi connectivity index (χ4v) is 5.62. The Hall–Kier alpha value is -4.59. The van der Waals surface area contributed by atoms with Crippen LogP contribution in [0.25, 0.3) is 0 Å². The Kier molecular flexibility index (Phi) is 6.66. The van der Waals surface area contributed by atoms with Crippen molar-refractivity contribution in [1.29, 1.82) is 0 Å². The van der Waals surface area contributed by atoms with Crippen molar-refractivity contribution >= 4 is 17.3 Å². The molecule has 0 saturated carbocycles. The van der Waals surface area contributed by atoms with Crippen molar-refractivity contribution in [1.82, 2.24) is 5.32 Å². The third-order valence-electron chi connectivity index (χ3n) is 7.95. The van der Waals surface area contributed by atoms with E-state index in [0.717, 1.165) is 16.9 Å². The molecule has 0 spiro atoms. The summed E-state index contributed by atoms with van der Waals surface area (Å²) in [5, 5.41) is 24.8. The molecule has 0 unspecified atom stereocenters. The van der Waals surface area contributed by atoms with Crippen molar-refractivity contribution < 1.29 is 33.8 Å². The van der Waals surface area contributed by atoms with Crippen LogP contribution < -0.4 is 10.1 Å². The van der Waals surface area contributed by atoms with Gasteiger partial charge in [-0.2, -0.15) is 0 Å². The van der Waals surface area contributed by atoms with Gasteiger partial charge >= 0.3 is 0 Å². The summed E-state index contributed by atoms with van der Waals surface area (Å²) in [6, 6.07) is 12.0. The standard InChI is InChI=1S/C32H31NO7/c1-16-8-10-20(11-9-16)21(23-7-6-14-39-23)12-13-33-18(3)25-22(35)15-24-32(5,31(25)38)27-29(37)17(2)28(36)26(19(4)34)30(27)40-24/h6-11,14-15,21,33,36-37H,12-13H2,1-5H3/b25-18+/t21-,32+/m1/s1. The maximum Gasteiger partial charge on any atom is 0.194 e. The molecule has 2 aromatic carbocycles. The van der Waals surface area contributed by atoms with Crippen LogP contribution in [0, 0.1) is 13.8 Å².